The molecule has 9 heteroatoms. The van der Waals surface area contributed by atoms with Gasteiger partial charge in [-0.3, -0.25) is 14.6 Å². The first-order chi connectivity index (χ1) is 18.9. The maximum atomic E-state index is 13.9. The zero-order chi connectivity index (χ0) is 28.1. The van der Waals surface area contributed by atoms with Crippen LogP contribution in [0.3, 0.4) is 0 Å². The summed E-state index contributed by atoms with van der Waals surface area (Å²) in [5.41, 5.74) is 3.53. The van der Waals surface area contributed by atoms with E-state index in [2.05, 4.69) is 0 Å². The smallest absolute Gasteiger partial charge is 0.315 e. The molecule has 0 saturated heterocycles. The maximum absolute atomic E-state index is 13.9. The van der Waals surface area contributed by atoms with E-state index in [1.165, 1.54) is 0 Å². The van der Waals surface area contributed by atoms with E-state index in [-0.39, 0.29) is 31.3 Å². The third-order valence-electron chi connectivity index (χ3n) is 7.32. The molecule has 0 fully saturated rings. The maximum Gasteiger partial charge on any atom is 0.315 e. The largest absolute Gasteiger partial charge is 0.493 e. The molecular weight excluding hydrogens is 502 g/mol. The van der Waals surface area contributed by atoms with Gasteiger partial charge in [0.15, 0.2) is 28.8 Å². The average molecular weight is 538 g/mol. The van der Waals surface area contributed by atoms with Crippen molar-refractivity contribution < 1.29 is 38.0 Å². The first kappa shape index (κ1) is 28.2. The van der Waals surface area contributed by atoms with Gasteiger partial charge in [-0.05, 0) is 54.7 Å². The Labute approximate surface area is 228 Å². The lowest BCUT2D eigenvalue weighted by Crippen LogP contribution is -2.38. The molecule has 1 heterocycles. The molecule has 0 aromatic heterocycles. The highest BCUT2D eigenvalue weighted by Gasteiger charge is 2.45. The fourth-order valence-corrected chi connectivity index (χ4v) is 5.43. The number of aliphatic imine (C=N–C) groups is 1. The monoisotopic (exact) mass is 537 g/mol. The minimum absolute atomic E-state index is 0.0539. The van der Waals surface area contributed by atoms with Gasteiger partial charge in [-0.25, -0.2) is 0 Å². The van der Waals surface area contributed by atoms with E-state index in [0.717, 1.165) is 11.1 Å². The zero-order valence-corrected chi connectivity index (χ0v) is 23.2. The zero-order valence-electron chi connectivity index (χ0n) is 23.2. The van der Waals surface area contributed by atoms with Crippen molar-refractivity contribution in [3.05, 3.63) is 58.8 Å². The van der Waals surface area contributed by atoms with Gasteiger partial charge in [0.2, 0.25) is 0 Å². The van der Waals surface area contributed by atoms with E-state index in [4.69, 9.17) is 33.4 Å². The number of nitrogens with zero attached hydrogens (tertiary/aromatic N) is 1. The van der Waals surface area contributed by atoms with Crippen LogP contribution in [0.4, 0.5) is 0 Å². The van der Waals surface area contributed by atoms with Crippen LogP contribution in [0.2, 0.25) is 0 Å². The number of carbonyl (C=O) groups excluding carboxylic acids is 2. The van der Waals surface area contributed by atoms with Gasteiger partial charge < -0.3 is 28.4 Å². The number of Topliss-reactive ketones (excluding diaryl/α,β-unsaturated/α-hetero) is 1. The second-order valence-corrected chi connectivity index (χ2v) is 9.49. The number of ketones is 1. The van der Waals surface area contributed by atoms with Gasteiger partial charge in [-0.1, -0.05) is 12.1 Å². The quantitative estimate of drug-likeness (QED) is 0.323. The Morgan fingerprint density at radius 3 is 2.00 bits per heavy atom. The van der Waals surface area contributed by atoms with Crippen LogP contribution >= 0.6 is 0 Å². The summed E-state index contributed by atoms with van der Waals surface area (Å²) in [5, 5.41) is 0. The number of hydrogen-bond acceptors (Lipinski definition) is 9. The highest BCUT2D eigenvalue weighted by atomic mass is 16.6. The van der Waals surface area contributed by atoms with Crippen molar-refractivity contribution in [3.8, 4) is 23.0 Å². The molecule has 2 aromatic rings. The topological polar surface area (TPSA) is 102 Å². The van der Waals surface area contributed by atoms with E-state index in [1.807, 2.05) is 37.3 Å². The number of hydrogen-bond donors (Lipinski definition) is 0. The average Bonchev–Trinajstić information content (AvgIpc) is 2.95. The van der Waals surface area contributed by atoms with Crippen molar-refractivity contribution in [2.24, 2.45) is 10.9 Å². The number of methoxy groups -OCH3 is 5. The number of esters is 1. The van der Waals surface area contributed by atoms with Crippen LogP contribution in [-0.4, -0.2) is 66.2 Å². The molecule has 0 radical (unpaired) electrons. The van der Waals surface area contributed by atoms with Crippen molar-refractivity contribution in [2.75, 3.05) is 48.8 Å². The second kappa shape index (κ2) is 12.3. The summed E-state index contributed by atoms with van der Waals surface area (Å²) in [7, 11) is 7.83. The van der Waals surface area contributed by atoms with E-state index in [1.54, 1.807) is 41.6 Å². The fraction of sp³-hybridized carbons (Fsp3) is 0.433. The number of carbonyl (C=O) groups is 2. The summed E-state index contributed by atoms with van der Waals surface area (Å²) in [4.78, 5) is 32.1. The first-order valence-electron chi connectivity index (χ1n) is 12.8. The summed E-state index contributed by atoms with van der Waals surface area (Å²) in [6.45, 7) is 2.19. The van der Waals surface area contributed by atoms with Crippen molar-refractivity contribution in [3.63, 3.8) is 0 Å². The lowest BCUT2D eigenvalue weighted by Gasteiger charge is -2.36. The molecular formula is C30H35NO8. The standard InChI is InChI=1S/C30H35NO8/c1-17-27(30(33)39-12-11-34-2)28(19-8-10-24(36-4)26(16-19)38-6)29-21(31-17)13-20(14-22(29)32)18-7-9-23(35-3)25(15-18)37-5/h7-10,15-16,20,27-28H,11-14H2,1-6H3/t20-,27?,28+/m0/s1. The van der Waals surface area contributed by atoms with Crippen LogP contribution in [0, 0.1) is 5.92 Å². The van der Waals surface area contributed by atoms with Gasteiger partial charge in [0.1, 0.15) is 12.5 Å². The van der Waals surface area contributed by atoms with Gasteiger partial charge in [-0.2, -0.15) is 0 Å². The molecule has 0 amide bonds. The highest BCUT2D eigenvalue weighted by Crippen LogP contribution is 2.48. The predicted molar refractivity (Wildman–Crippen MR) is 145 cm³/mol. The van der Waals surface area contributed by atoms with Crippen LogP contribution in [0.5, 0.6) is 23.0 Å². The molecule has 4 rings (SSSR count). The van der Waals surface area contributed by atoms with Crippen LogP contribution in [0.25, 0.3) is 0 Å². The Morgan fingerprint density at radius 1 is 0.821 bits per heavy atom. The number of rotatable bonds is 10. The number of allylic oxidation sites excluding steroid dienone is 2. The van der Waals surface area contributed by atoms with Crippen molar-refractivity contribution in [1.29, 1.82) is 0 Å². The van der Waals surface area contributed by atoms with Crippen LogP contribution in [-0.2, 0) is 19.1 Å². The predicted octanol–water partition coefficient (Wildman–Crippen LogP) is 4.49. The van der Waals surface area contributed by atoms with E-state index >= 15 is 0 Å². The molecule has 1 aliphatic heterocycles. The van der Waals surface area contributed by atoms with Crippen molar-refractivity contribution >= 4 is 17.5 Å². The summed E-state index contributed by atoms with van der Waals surface area (Å²) < 4.78 is 32.4. The molecule has 0 N–H and O–H groups in total. The molecule has 0 saturated carbocycles. The molecule has 208 valence electrons. The lowest BCUT2D eigenvalue weighted by molar-refractivity contribution is -0.147. The minimum Gasteiger partial charge on any atom is -0.493 e. The summed E-state index contributed by atoms with van der Waals surface area (Å²) >= 11 is 0. The van der Waals surface area contributed by atoms with Gasteiger partial charge in [0.05, 0.1) is 35.0 Å². The molecule has 1 aliphatic carbocycles. The summed E-state index contributed by atoms with van der Waals surface area (Å²) in [5.74, 6) is 0.354. The molecule has 1 unspecified atom stereocenters. The van der Waals surface area contributed by atoms with E-state index in [9.17, 15) is 9.59 Å². The lowest BCUT2D eigenvalue weighted by atomic mass is 9.69. The van der Waals surface area contributed by atoms with Gasteiger partial charge in [0.25, 0.3) is 0 Å². The van der Waals surface area contributed by atoms with Gasteiger partial charge in [0, 0.05) is 36.4 Å². The Bertz CT molecular complexity index is 1300. The minimum atomic E-state index is -0.764. The van der Waals surface area contributed by atoms with Gasteiger partial charge >= 0.3 is 5.97 Å². The third kappa shape index (κ3) is 5.63. The van der Waals surface area contributed by atoms with Crippen molar-refractivity contribution in [2.45, 2.75) is 31.6 Å². The van der Waals surface area contributed by atoms with Gasteiger partial charge in [-0.15, -0.1) is 0 Å². The van der Waals surface area contributed by atoms with E-state index in [0.29, 0.717) is 46.4 Å². The Morgan fingerprint density at radius 2 is 1.41 bits per heavy atom. The normalized spacial score (nSPS) is 20.6. The Hall–Kier alpha value is -3.85. The summed E-state index contributed by atoms with van der Waals surface area (Å²) in [6.07, 6.45) is 0.821. The van der Waals surface area contributed by atoms with Crippen molar-refractivity contribution in [1.82, 2.24) is 0 Å². The molecule has 0 spiro atoms. The third-order valence-corrected chi connectivity index (χ3v) is 7.32. The van der Waals surface area contributed by atoms with E-state index < -0.39 is 17.8 Å². The fourth-order valence-electron chi connectivity index (χ4n) is 5.43. The second-order valence-electron chi connectivity index (χ2n) is 9.49. The SMILES string of the molecule is COCCOC(=O)C1C(C)=NC2=C(C(=O)C[C@@H](c3ccc(OC)c(OC)c3)C2)[C@@H]1c1ccc(OC)c(OC)c1. The van der Waals surface area contributed by atoms with Crippen LogP contribution in [0.1, 0.15) is 42.7 Å². The molecule has 2 aromatic carbocycles. The number of benzene rings is 2. The molecule has 3 atom stereocenters. The summed E-state index contributed by atoms with van der Waals surface area (Å²) in [6, 6.07) is 11.2. The molecule has 2 aliphatic rings. The van der Waals surface area contributed by atoms with Crippen LogP contribution < -0.4 is 18.9 Å². The van der Waals surface area contributed by atoms with Crippen LogP contribution in [0.15, 0.2) is 52.7 Å². The number of ether oxygens (including phenoxy) is 6. The molecule has 9 nitrogen and oxygen atoms in total. The Kier molecular flexibility index (Phi) is 8.91. The highest BCUT2D eigenvalue weighted by molar-refractivity contribution is 6.09. The Balaban J connectivity index is 1.78. The molecule has 39 heavy (non-hydrogen) atoms. The molecule has 0 bridgehead atoms. The first-order valence-corrected chi connectivity index (χ1v) is 12.8.